The van der Waals surface area contributed by atoms with Crippen LogP contribution in [0.25, 0.3) is 10.8 Å². The molecule has 1 fully saturated rings. The third-order valence-corrected chi connectivity index (χ3v) is 7.64. The van der Waals surface area contributed by atoms with E-state index in [0.717, 1.165) is 47.6 Å². The molecule has 190 valence electrons. The minimum absolute atomic E-state index is 0.305. The number of aliphatic carboxylic acids is 1. The number of benzene rings is 3. The van der Waals surface area contributed by atoms with Crippen molar-refractivity contribution < 1.29 is 19.4 Å². The van der Waals surface area contributed by atoms with Crippen molar-refractivity contribution >= 4 is 34.4 Å². The van der Waals surface area contributed by atoms with Crippen molar-refractivity contribution in [2.45, 2.75) is 69.9 Å². The number of ether oxygens (including phenoxy) is 1. The largest absolute Gasteiger partial charge is 0.480 e. The summed E-state index contributed by atoms with van der Waals surface area (Å²) >= 11 is 6.30. The Labute approximate surface area is 217 Å². The molecule has 4 rings (SSSR count). The van der Waals surface area contributed by atoms with Crippen molar-refractivity contribution in [1.29, 1.82) is 0 Å². The highest BCUT2D eigenvalue weighted by molar-refractivity contribution is 6.30. The van der Waals surface area contributed by atoms with Crippen LogP contribution in [0.15, 0.2) is 66.7 Å². The Morgan fingerprint density at radius 2 is 1.72 bits per heavy atom. The second-order valence-electron chi connectivity index (χ2n) is 10.4. The minimum Gasteiger partial charge on any atom is -0.480 e. The maximum atomic E-state index is 13.2. The van der Waals surface area contributed by atoms with E-state index in [0.29, 0.717) is 17.4 Å². The molecule has 0 bridgehead atoms. The van der Waals surface area contributed by atoms with Gasteiger partial charge in [-0.2, -0.15) is 0 Å². The standard InChI is InChI=1S/C30H34ClNO4/c1-30(2,24-13-8-14-25(31)19-24)27(23-16-15-21-11-6-7-12-22(21)18-23)36-29(35)32-26(28(33)34)17-20-9-4-3-5-10-20/h6-8,11-16,18-20,26-27H,3-5,9-10,17H2,1-2H3,(H,32,35)(H,33,34)/t26-,27?/m0/s1. The Kier molecular flexibility index (Phi) is 8.20. The maximum absolute atomic E-state index is 13.2. The highest BCUT2D eigenvalue weighted by Crippen LogP contribution is 2.41. The van der Waals surface area contributed by atoms with Crippen molar-refractivity contribution in [3.8, 4) is 0 Å². The van der Waals surface area contributed by atoms with Gasteiger partial charge >= 0.3 is 12.1 Å². The summed E-state index contributed by atoms with van der Waals surface area (Å²) in [5.74, 6) is -0.729. The molecule has 1 unspecified atom stereocenters. The van der Waals surface area contributed by atoms with E-state index in [1.165, 1.54) is 6.42 Å². The summed E-state index contributed by atoms with van der Waals surface area (Å²) in [5.41, 5.74) is 1.10. The number of alkyl carbamates (subject to hydrolysis) is 1. The number of rotatable bonds is 8. The van der Waals surface area contributed by atoms with E-state index in [4.69, 9.17) is 16.3 Å². The number of amides is 1. The first kappa shape index (κ1) is 26.0. The molecule has 0 spiro atoms. The number of carboxylic acid groups (broad SMARTS) is 1. The van der Waals surface area contributed by atoms with E-state index >= 15 is 0 Å². The van der Waals surface area contributed by atoms with Gasteiger partial charge in [-0.15, -0.1) is 0 Å². The number of fused-ring (bicyclic) bond motifs is 1. The average molecular weight is 508 g/mol. The van der Waals surface area contributed by atoms with Crippen LogP contribution in [-0.4, -0.2) is 23.2 Å². The van der Waals surface area contributed by atoms with Crippen LogP contribution < -0.4 is 5.32 Å². The molecule has 3 aromatic rings. The smallest absolute Gasteiger partial charge is 0.408 e. The van der Waals surface area contributed by atoms with Crippen LogP contribution >= 0.6 is 11.6 Å². The number of carboxylic acids is 1. The monoisotopic (exact) mass is 507 g/mol. The first-order valence-corrected chi connectivity index (χ1v) is 13.1. The quantitative estimate of drug-likeness (QED) is 0.328. The Bertz CT molecular complexity index is 1220. The summed E-state index contributed by atoms with van der Waals surface area (Å²) in [6.07, 6.45) is 4.43. The van der Waals surface area contributed by atoms with Crippen LogP contribution in [0.5, 0.6) is 0 Å². The molecule has 36 heavy (non-hydrogen) atoms. The van der Waals surface area contributed by atoms with Gasteiger partial charge in [-0.1, -0.05) is 106 Å². The van der Waals surface area contributed by atoms with Gasteiger partial charge in [0.1, 0.15) is 12.1 Å². The lowest BCUT2D eigenvalue weighted by Crippen LogP contribution is -2.44. The van der Waals surface area contributed by atoms with Gasteiger partial charge in [-0.05, 0) is 52.4 Å². The van der Waals surface area contributed by atoms with Crippen LogP contribution in [-0.2, 0) is 14.9 Å². The second-order valence-corrected chi connectivity index (χ2v) is 10.8. The molecule has 3 aromatic carbocycles. The van der Waals surface area contributed by atoms with Crippen molar-refractivity contribution in [1.82, 2.24) is 5.32 Å². The lowest BCUT2D eigenvalue weighted by Gasteiger charge is -2.35. The molecular weight excluding hydrogens is 474 g/mol. The summed E-state index contributed by atoms with van der Waals surface area (Å²) in [6, 6.07) is 20.5. The predicted octanol–water partition coefficient (Wildman–Crippen LogP) is 7.66. The van der Waals surface area contributed by atoms with Gasteiger partial charge in [0.15, 0.2) is 0 Å². The van der Waals surface area contributed by atoms with Crippen LogP contribution in [0.4, 0.5) is 4.79 Å². The molecule has 1 amide bonds. The molecule has 5 nitrogen and oxygen atoms in total. The topological polar surface area (TPSA) is 75.6 Å². The zero-order chi connectivity index (χ0) is 25.7. The van der Waals surface area contributed by atoms with Crippen LogP contribution in [0.3, 0.4) is 0 Å². The third kappa shape index (κ3) is 6.19. The van der Waals surface area contributed by atoms with Gasteiger partial charge in [0.25, 0.3) is 0 Å². The Balaban J connectivity index is 1.62. The first-order valence-electron chi connectivity index (χ1n) is 12.7. The van der Waals surface area contributed by atoms with Crippen LogP contribution in [0.2, 0.25) is 5.02 Å². The molecule has 2 N–H and O–H groups in total. The van der Waals surface area contributed by atoms with Gasteiger partial charge in [-0.3, -0.25) is 0 Å². The molecule has 0 aromatic heterocycles. The molecular formula is C30H34ClNO4. The number of nitrogens with one attached hydrogen (secondary N) is 1. The third-order valence-electron chi connectivity index (χ3n) is 7.41. The summed E-state index contributed by atoms with van der Waals surface area (Å²) < 4.78 is 6.06. The van der Waals surface area contributed by atoms with Crippen molar-refractivity contribution in [2.24, 2.45) is 5.92 Å². The summed E-state index contributed by atoms with van der Waals surface area (Å²) in [6.45, 7) is 4.00. The van der Waals surface area contributed by atoms with Crippen LogP contribution in [0, 0.1) is 5.92 Å². The number of hydrogen-bond acceptors (Lipinski definition) is 3. The summed E-state index contributed by atoms with van der Waals surface area (Å²) in [4.78, 5) is 25.2. The van der Waals surface area contributed by atoms with E-state index in [9.17, 15) is 14.7 Å². The minimum atomic E-state index is -1.03. The molecule has 2 atom stereocenters. The average Bonchev–Trinajstić information content (AvgIpc) is 2.87. The van der Waals surface area contributed by atoms with Crippen molar-refractivity contribution in [3.63, 3.8) is 0 Å². The fourth-order valence-corrected chi connectivity index (χ4v) is 5.49. The molecule has 0 heterocycles. The fourth-order valence-electron chi connectivity index (χ4n) is 5.30. The lowest BCUT2D eigenvalue weighted by molar-refractivity contribution is -0.140. The molecule has 0 aliphatic heterocycles. The van der Waals surface area contributed by atoms with E-state index in [-0.39, 0.29) is 0 Å². The van der Waals surface area contributed by atoms with E-state index in [1.54, 1.807) is 0 Å². The molecule has 1 saturated carbocycles. The number of hydrogen-bond donors (Lipinski definition) is 2. The Hall–Kier alpha value is -3.05. The molecule has 6 heteroatoms. The number of carbonyl (C=O) groups excluding carboxylic acids is 1. The first-order chi connectivity index (χ1) is 17.2. The molecule has 0 saturated heterocycles. The van der Waals surface area contributed by atoms with E-state index in [2.05, 4.69) is 5.32 Å². The summed E-state index contributed by atoms with van der Waals surface area (Å²) in [7, 11) is 0. The van der Waals surface area contributed by atoms with Gasteiger partial charge in [0.05, 0.1) is 0 Å². The predicted molar refractivity (Wildman–Crippen MR) is 143 cm³/mol. The van der Waals surface area contributed by atoms with Gasteiger partial charge in [0.2, 0.25) is 0 Å². The highest BCUT2D eigenvalue weighted by Gasteiger charge is 2.37. The Morgan fingerprint density at radius 1 is 1.00 bits per heavy atom. The normalized spacial score (nSPS) is 16.3. The second kappa shape index (κ2) is 11.3. The fraction of sp³-hybridized carbons (Fsp3) is 0.400. The molecule has 1 aliphatic rings. The SMILES string of the molecule is CC(C)(c1cccc(Cl)c1)C(OC(=O)N[C@@H](CC1CCCCC1)C(=O)O)c1ccc2ccccc2c1. The van der Waals surface area contributed by atoms with E-state index in [1.807, 2.05) is 80.6 Å². The number of carbonyl (C=O) groups is 2. The summed E-state index contributed by atoms with van der Waals surface area (Å²) in [5, 5.41) is 15.2. The lowest BCUT2D eigenvalue weighted by atomic mass is 9.76. The Morgan fingerprint density at radius 3 is 2.42 bits per heavy atom. The molecule has 0 radical (unpaired) electrons. The van der Waals surface area contributed by atoms with Gasteiger partial charge in [-0.25, -0.2) is 9.59 Å². The highest BCUT2D eigenvalue weighted by atomic mass is 35.5. The zero-order valence-corrected chi connectivity index (χ0v) is 21.6. The van der Waals surface area contributed by atoms with Crippen molar-refractivity contribution in [2.75, 3.05) is 0 Å². The van der Waals surface area contributed by atoms with Gasteiger partial charge in [0, 0.05) is 10.4 Å². The molecule has 1 aliphatic carbocycles. The van der Waals surface area contributed by atoms with Crippen LogP contribution in [0.1, 0.15) is 69.6 Å². The van der Waals surface area contributed by atoms with E-state index < -0.39 is 29.6 Å². The van der Waals surface area contributed by atoms with Crippen molar-refractivity contribution in [3.05, 3.63) is 82.9 Å². The van der Waals surface area contributed by atoms with Gasteiger partial charge < -0.3 is 15.2 Å². The number of halogens is 1. The zero-order valence-electron chi connectivity index (χ0n) is 20.9. The maximum Gasteiger partial charge on any atom is 0.408 e.